The summed E-state index contributed by atoms with van der Waals surface area (Å²) < 4.78 is 6.86. The first-order valence-corrected chi connectivity index (χ1v) is 9.98. The number of para-hydroxylation sites is 1. The molecule has 0 unspecified atom stereocenters. The van der Waals surface area contributed by atoms with Gasteiger partial charge in [0.1, 0.15) is 12.4 Å². The minimum absolute atomic E-state index is 0.392. The second-order valence-corrected chi connectivity index (χ2v) is 7.39. The molecule has 0 heterocycles. The summed E-state index contributed by atoms with van der Waals surface area (Å²) in [6.45, 7) is 2.33. The third-order valence-electron chi connectivity index (χ3n) is 4.11. The zero-order valence-electron chi connectivity index (χ0n) is 16.3. The maximum absolute atomic E-state index is 12.0. The van der Waals surface area contributed by atoms with Crippen molar-refractivity contribution in [1.82, 2.24) is 5.43 Å². The van der Waals surface area contributed by atoms with E-state index in [1.807, 2.05) is 61.5 Å². The van der Waals surface area contributed by atoms with Gasteiger partial charge >= 0.3 is 11.8 Å². The topological polar surface area (TPSA) is 79.8 Å². The minimum Gasteiger partial charge on any atom is -0.488 e. The van der Waals surface area contributed by atoms with Crippen LogP contribution in [0.2, 0.25) is 0 Å². The lowest BCUT2D eigenvalue weighted by atomic mass is 10.2. The van der Waals surface area contributed by atoms with Gasteiger partial charge in [0.15, 0.2) is 0 Å². The maximum atomic E-state index is 12.0. The predicted octanol–water partition coefficient (Wildman–Crippen LogP) is 4.43. The molecule has 0 aliphatic heterocycles. The third-order valence-corrected chi connectivity index (χ3v) is 4.64. The maximum Gasteiger partial charge on any atom is 0.329 e. The highest BCUT2D eigenvalue weighted by Crippen LogP contribution is 2.18. The highest BCUT2D eigenvalue weighted by molar-refractivity contribution is 9.10. The summed E-state index contributed by atoms with van der Waals surface area (Å²) in [5.74, 6) is -1.04. The number of benzene rings is 3. The Kier molecular flexibility index (Phi) is 7.34. The molecule has 0 aromatic heterocycles. The number of anilines is 1. The molecule has 6 nitrogen and oxygen atoms in total. The molecule has 0 radical (unpaired) electrons. The van der Waals surface area contributed by atoms with Gasteiger partial charge in [-0.3, -0.25) is 9.59 Å². The van der Waals surface area contributed by atoms with Crippen LogP contribution in [-0.2, 0) is 16.2 Å². The summed E-state index contributed by atoms with van der Waals surface area (Å²) in [7, 11) is 0. The molecule has 0 aliphatic carbocycles. The molecule has 0 saturated carbocycles. The molecule has 152 valence electrons. The number of hydrogen-bond donors (Lipinski definition) is 2. The SMILES string of the molecule is Cc1ccc(NC(=O)C(=O)N/N=C\c2ccccc2OCc2ccc(Br)cc2)cc1. The second-order valence-electron chi connectivity index (χ2n) is 6.47. The van der Waals surface area contributed by atoms with Gasteiger partial charge in [0.05, 0.1) is 6.21 Å². The van der Waals surface area contributed by atoms with Crippen LogP contribution in [0.5, 0.6) is 5.75 Å². The van der Waals surface area contributed by atoms with E-state index in [1.54, 1.807) is 18.2 Å². The summed E-state index contributed by atoms with van der Waals surface area (Å²) >= 11 is 3.40. The molecule has 3 aromatic rings. The first kappa shape index (κ1) is 21.3. The number of ether oxygens (including phenoxy) is 1. The molecule has 7 heteroatoms. The van der Waals surface area contributed by atoms with E-state index in [1.165, 1.54) is 6.21 Å². The zero-order valence-corrected chi connectivity index (χ0v) is 17.8. The van der Waals surface area contributed by atoms with E-state index in [9.17, 15) is 9.59 Å². The van der Waals surface area contributed by atoms with Gasteiger partial charge in [-0.2, -0.15) is 5.10 Å². The molecule has 0 spiro atoms. The van der Waals surface area contributed by atoms with Gasteiger partial charge in [-0.1, -0.05) is 57.9 Å². The van der Waals surface area contributed by atoms with E-state index in [0.29, 0.717) is 23.6 Å². The van der Waals surface area contributed by atoms with Crippen molar-refractivity contribution >= 4 is 39.6 Å². The van der Waals surface area contributed by atoms with E-state index >= 15 is 0 Å². The number of hydrogen-bond acceptors (Lipinski definition) is 4. The van der Waals surface area contributed by atoms with Crippen LogP contribution in [0.15, 0.2) is 82.4 Å². The number of amides is 2. The van der Waals surface area contributed by atoms with Crippen LogP contribution in [-0.4, -0.2) is 18.0 Å². The summed E-state index contributed by atoms with van der Waals surface area (Å²) in [5, 5.41) is 6.39. The lowest BCUT2D eigenvalue weighted by Gasteiger charge is -2.09. The molecule has 0 aliphatic rings. The summed E-state index contributed by atoms with van der Waals surface area (Å²) in [5.41, 5.74) is 5.52. The van der Waals surface area contributed by atoms with Crippen molar-refractivity contribution in [3.8, 4) is 5.75 Å². The van der Waals surface area contributed by atoms with E-state index < -0.39 is 11.8 Å². The first-order valence-electron chi connectivity index (χ1n) is 9.18. The summed E-state index contributed by atoms with van der Waals surface area (Å²) in [6, 6.07) is 22.3. The Morgan fingerprint density at radius 1 is 0.967 bits per heavy atom. The van der Waals surface area contributed by atoms with Crippen molar-refractivity contribution in [2.45, 2.75) is 13.5 Å². The lowest BCUT2D eigenvalue weighted by molar-refractivity contribution is -0.136. The molecular formula is C23H20BrN3O3. The van der Waals surface area contributed by atoms with E-state index in [-0.39, 0.29) is 0 Å². The van der Waals surface area contributed by atoms with Crippen LogP contribution in [0.3, 0.4) is 0 Å². The smallest absolute Gasteiger partial charge is 0.329 e. The van der Waals surface area contributed by atoms with Gasteiger partial charge in [-0.25, -0.2) is 5.43 Å². The van der Waals surface area contributed by atoms with Crippen molar-refractivity contribution in [3.05, 3.63) is 94.0 Å². The van der Waals surface area contributed by atoms with Gasteiger partial charge in [0.25, 0.3) is 0 Å². The Labute approximate surface area is 183 Å². The van der Waals surface area contributed by atoms with Gasteiger partial charge in [-0.05, 0) is 48.9 Å². The highest BCUT2D eigenvalue weighted by atomic mass is 79.9. The summed E-state index contributed by atoms with van der Waals surface area (Å²) in [6.07, 6.45) is 1.44. The average molecular weight is 466 g/mol. The third kappa shape index (κ3) is 6.28. The minimum atomic E-state index is -0.861. The van der Waals surface area contributed by atoms with Gasteiger partial charge in [0, 0.05) is 15.7 Å². The van der Waals surface area contributed by atoms with Gasteiger partial charge in [0.2, 0.25) is 0 Å². The number of aryl methyl sites for hydroxylation is 1. The molecule has 0 fully saturated rings. The first-order chi connectivity index (χ1) is 14.5. The summed E-state index contributed by atoms with van der Waals surface area (Å²) in [4.78, 5) is 23.9. The molecule has 3 rings (SSSR count). The molecule has 0 saturated heterocycles. The van der Waals surface area contributed by atoms with Crippen LogP contribution in [0.25, 0.3) is 0 Å². The molecule has 0 atom stereocenters. The zero-order chi connectivity index (χ0) is 21.3. The van der Waals surface area contributed by atoms with E-state index in [4.69, 9.17) is 4.74 Å². The van der Waals surface area contributed by atoms with Crippen molar-refractivity contribution in [2.75, 3.05) is 5.32 Å². The fraction of sp³-hybridized carbons (Fsp3) is 0.0870. The van der Waals surface area contributed by atoms with E-state index in [0.717, 1.165) is 15.6 Å². The van der Waals surface area contributed by atoms with Crippen molar-refractivity contribution in [2.24, 2.45) is 5.10 Å². The van der Waals surface area contributed by atoms with Gasteiger partial charge < -0.3 is 10.1 Å². The number of carbonyl (C=O) groups is 2. The monoisotopic (exact) mass is 465 g/mol. The Hall–Kier alpha value is -3.45. The molecule has 0 bridgehead atoms. The van der Waals surface area contributed by atoms with Crippen molar-refractivity contribution < 1.29 is 14.3 Å². The number of carbonyl (C=O) groups excluding carboxylic acids is 2. The highest BCUT2D eigenvalue weighted by Gasteiger charge is 2.12. The lowest BCUT2D eigenvalue weighted by Crippen LogP contribution is -2.32. The van der Waals surface area contributed by atoms with Crippen LogP contribution < -0.4 is 15.5 Å². The molecular weight excluding hydrogens is 446 g/mol. The number of halogens is 1. The Bertz CT molecular complexity index is 1050. The quantitative estimate of drug-likeness (QED) is 0.321. The predicted molar refractivity (Wildman–Crippen MR) is 120 cm³/mol. The molecule has 2 amide bonds. The van der Waals surface area contributed by atoms with Crippen LogP contribution in [0.4, 0.5) is 5.69 Å². The standard InChI is InChI=1S/C23H20BrN3O3/c1-16-6-12-20(13-7-16)26-22(28)23(29)27-25-14-18-4-2-3-5-21(18)30-15-17-8-10-19(24)11-9-17/h2-14H,15H2,1H3,(H,26,28)(H,27,29)/b25-14-. The molecule has 30 heavy (non-hydrogen) atoms. The van der Waals surface area contributed by atoms with Crippen LogP contribution in [0.1, 0.15) is 16.7 Å². The van der Waals surface area contributed by atoms with Gasteiger partial charge in [-0.15, -0.1) is 0 Å². The Morgan fingerprint density at radius 2 is 1.67 bits per heavy atom. The van der Waals surface area contributed by atoms with Crippen molar-refractivity contribution in [1.29, 1.82) is 0 Å². The number of nitrogens with zero attached hydrogens (tertiary/aromatic N) is 1. The fourth-order valence-electron chi connectivity index (χ4n) is 2.50. The normalized spacial score (nSPS) is 10.6. The van der Waals surface area contributed by atoms with Crippen LogP contribution in [0, 0.1) is 6.92 Å². The average Bonchev–Trinajstić information content (AvgIpc) is 2.75. The van der Waals surface area contributed by atoms with Crippen LogP contribution >= 0.6 is 15.9 Å². The Morgan fingerprint density at radius 3 is 2.40 bits per heavy atom. The van der Waals surface area contributed by atoms with E-state index in [2.05, 4.69) is 31.8 Å². The number of rotatable bonds is 6. The largest absolute Gasteiger partial charge is 0.488 e. The fourth-order valence-corrected chi connectivity index (χ4v) is 2.76. The Balaban J connectivity index is 1.56. The number of nitrogens with one attached hydrogen (secondary N) is 2. The van der Waals surface area contributed by atoms with Crippen molar-refractivity contribution in [3.63, 3.8) is 0 Å². The molecule has 2 N–H and O–H groups in total. The molecule has 3 aromatic carbocycles. The number of hydrazone groups is 1. The second kappa shape index (κ2) is 10.4.